The Morgan fingerprint density at radius 1 is 1.44 bits per heavy atom. The van der Waals surface area contributed by atoms with E-state index in [0.717, 1.165) is 19.4 Å². The lowest BCUT2D eigenvalue weighted by molar-refractivity contribution is -0.143. The van der Waals surface area contributed by atoms with Crippen molar-refractivity contribution in [2.24, 2.45) is 10.7 Å². The Morgan fingerprint density at radius 2 is 2.06 bits per heavy atom. The fraction of sp³-hybridized carbons (Fsp3) is 0.818. The maximum atomic E-state index is 12.0. The molecule has 5 heteroatoms. The molecule has 0 aromatic rings. The molecule has 1 saturated heterocycles. The standard InChI is InChI=1S/C11H20N4O/c1-11(2)9(16)14(3)6-7-15(11)10(12)13-8-4-5-8/h8H,4-7H2,1-3H3,(H2,12,13). The Morgan fingerprint density at radius 3 is 2.62 bits per heavy atom. The number of piperazine rings is 1. The summed E-state index contributed by atoms with van der Waals surface area (Å²) >= 11 is 0. The van der Waals surface area contributed by atoms with E-state index in [1.54, 1.807) is 4.90 Å². The average molecular weight is 224 g/mol. The fourth-order valence-electron chi connectivity index (χ4n) is 2.07. The third-order valence-corrected chi connectivity index (χ3v) is 3.34. The number of amides is 1. The highest BCUT2D eigenvalue weighted by Crippen LogP contribution is 2.26. The summed E-state index contributed by atoms with van der Waals surface area (Å²) in [6.07, 6.45) is 2.26. The molecule has 0 atom stereocenters. The molecule has 1 aliphatic carbocycles. The molecule has 5 nitrogen and oxygen atoms in total. The predicted octanol–water partition coefficient (Wildman–Crippen LogP) is 0.0161. The van der Waals surface area contributed by atoms with Gasteiger partial charge in [-0.2, -0.15) is 0 Å². The third kappa shape index (κ3) is 1.86. The molecule has 0 aromatic carbocycles. The Hall–Kier alpha value is -1.26. The number of hydrogen-bond acceptors (Lipinski definition) is 2. The maximum Gasteiger partial charge on any atom is 0.247 e. The Kier molecular flexibility index (Phi) is 2.56. The molecule has 0 bridgehead atoms. The van der Waals surface area contributed by atoms with Crippen LogP contribution in [0, 0.1) is 0 Å². The molecule has 1 aliphatic heterocycles. The van der Waals surface area contributed by atoms with Crippen molar-refractivity contribution in [1.29, 1.82) is 0 Å². The second-order valence-corrected chi connectivity index (χ2v) is 5.16. The maximum absolute atomic E-state index is 12.0. The summed E-state index contributed by atoms with van der Waals surface area (Å²) in [5.41, 5.74) is 5.40. The van der Waals surface area contributed by atoms with Crippen molar-refractivity contribution in [3.8, 4) is 0 Å². The molecule has 0 spiro atoms. The minimum atomic E-state index is -0.574. The molecule has 2 N–H and O–H groups in total. The van der Waals surface area contributed by atoms with Crippen LogP contribution in [0.2, 0.25) is 0 Å². The second kappa shape index (κ2) is 3.64. The van der Waals surface area contributed by atoms with Crippen LogP contribution in [0.15, 0.2) is 4.99 Å². The van der Waals surface area contributed by atoms with Crippen molar-refractivity contribution in [3.05, 3.63) is 0 Å². The monoisotopic (exact) mass is 224 g/mol. The lowest BCUT2D eigenvalue weighted by Crippen LogP contribution is -2.65. The predicted molar refractivity (Wildman–Crippen MR) is 63.1 cm³/mol. The van der Waals surface area contributed by atoms with Gasteiger partial charge in [0.15, 0.2) is 5.96 Å². The first-order valence-electron chi connectivity index (χ1n) is 5.79. The Bertz CT molecular complexity index is 333. The van der Waals surface area contributed by atoms with E-state index in [1.807, 2.05) is 25.8 Å². The van der Waals surface area contributed by atoms with Crippen LogP contribution >= 0.6 is 0 Å². The van der Waals surface area contributed by atoms with E-state index in [9.17, 15) is 4.79 Å². The SMILES string of the molecule is CN1CCN(C(N)=NC2CC2)C(C)(C)C1=O. The van der Waals surface area contributed by atoms with Crippen LogP contribution in [0.3, 0.4) is 0 Å². The average Bonchev–Trinajstić information content (AvgIpc) is 2.98. The van der Waals surface area contributed by atoms with E-state index < -0.39 is 5.54 Å². The van der Waals surface area contributed by atoms with E-state index in [2.05, 4.69) is 4.99 Å². The highest BCUT2D eigenvalue weighted by molar-refractivity contribution is 5.92. The topological polar surface area (TPSA) is 61.9 Å². The molecule has 0 radical (unpaired) electrons. The Balaban J connectivity index is 2.17. The van der Waals surface area contributed by atoms with Crippen molar-refractivity contribution in [2.75, 3.05) is 20.1 Å². The van der Waals surface area contributed by atoms with Gasteiger partial charge in [-0.15, -0.1) is 0 Å². The summed E-state index contributed by atoms with van der Waals surface area (Å²) in [5.74, 6) is 0.627. The zero-order valence-corrected chi connectivity index (χ0v) is 10.2. The van der Waals surface area contributed by atoms with Crippen LogP contribution in [0.5, 0.6) is 0 Å². The van der Waals surface area contributed by atoms with Gasteiger partial charge in [0.2, 0.25) is 5.91 Å². The molecule has 0 aromatic heterocycles. The molecule has 2 aliphatic rings. The van der Waals surface area contributed by atoms with Crippen molar-refractivity contribution in [3.63, 3.8) is 0 Å². The van der Waals surface area contributed by atoms with E-state index in [-0.39, 0.29) is 5.91 Å². The number of nitrogens with two attached hydrogens (primary N) is 1. The van der Waals surface area contributed by atoms with Gasteiger partial charge in [-0.3, -0.25) is 4.79 Å². The summed E-state index contributed by atoms with van der Waals surface area (Å²) in [6.45, 7) is 5.28. The van der Waals surface area contributed by atoms with Crippen LogP contribution in [-0.4, -0.2) is 53.4 Å². The molecule has 90 valence electrons. The van der Waals surface area contributed by atoms with Gasteiger partial charge in [-0.05, 0) is 26.7 Å². The zero-order valence-electron chi connectivity index (χ0n) is 10.2. The summed E-state index contributed by atoms with van der Waals surface area (Å²) < 4.78 is 0. The molecular weight excluding hydrogens is 204 g/mol. The molecule has 1 amide bonds. The van der Waals surface area contributed by atoms with E-state index >= 15 is 0 Å². The number of likely N-dealkylation sites (N-methyl/N-ethyl adjacent to an activating group) is 1. The smallest absolute Gasteiger partial charge is 0.247 e. The zero-order chi connectivity index (χ0) is 11.9. The second-order valence-electron chi connectivity index (χ2n) is 5.16. The van der Waals surface area contributed by atoms with Crippen LogP contribution in [0.4, 0.5) is 0 Å². The van der Waals surface area contributed by atoms with Crippen molar-refractivity contribution in [1.82, 2.24) is 9.80 Å². The molecular formula is C11H20N4O. The van der Waals surface area contributed by atoms with Gasteiger partial charge in [-0.1, -0.05) is 0 Å². The van der Waals surface area contributed by atoms with Crippen molar-refractivity contribution < 1.29 is 4.79 Å². The summed E-state index contributed by atoms with van der Waals surface area (Å²) in [4.78, 5) is 20.1. The fourth-order valence-corrected chi connectivity index (χ4v) is 2.07. The van der Waals surface area contributed by atoms with Crippen LogP contribution in [-0.2, 0) is 4.79 Å². The largest absolute Gasteiger partial charge is 0.370 e. The number of carbonyl (C=O) groups excluding carboxylic acids is 1. The minimum absolute atomic E-state index is 0.104. The van der Waals surface area contributed by atoms with Gasteiger partial charge in [0, 0.05) is 20.1 Å². The van der Waals surface area contributed by atoms with E-state index in [1.165, 1.54) is 0 Å². The third-order valence-electron chi connectivity index (χ3n) is 3.34. The van der Waals surface area contributed by atoms with Crippen molar-refractivity contribution >= 4 is 11.9 Å². The number of rotatable bonds is 1. The molecule has 2 rings (SSSR count). The van der Waals surface area contributed by atoms with Gasteiger partial charge in [0.25, 0.3) is 0 Å². The number of nitrogens with zero attached hydrogens (tertiary/aromatic N) is 3. The number of hydrogen-bond donors (Lipinski definition) is 1. The van der Waals surface area contributed by atoms with Crippen molar-refractivity contribution in [2.45, 2.75) is 38.3 Å². The quantitative estimate of drug-likeness (QED) is 0.504. The van der Waals surface area contributed by atoms with Crippen LogP contribution in [0.1, 0.15) is 26.7 Å². The van der Waals surface area contributed by atoms with E-state index in [4.69, 9.17) is 5.73 Å². The number of guanidine groups is 1. The Labute approximate surface area is 96.3 Å². The number of aliphatic imine (C=N–C) groups is 1. The first-order valence-corrected chi connectivity index (χ1v) is 5.79. The van der Waals surface area contributed by atoms with Crippen LogP contribution in [0.25, 0.3) is 0 Å². The number of carbonyl (C=O) groups is 1. The van der Waals surface area contributed by atoms with Gasteiger partial charge in [0.05, 0.1) is 6.04 Å². The lowest BCUT2D eigenvalue weighted by atomic mass is 9.98. The lowest BCUT2D eigenvalue weighted by Gasteiger charge is -2.45. The van der Waals surface area contributed by atoms with Crippen LogP contribution < -0.4 is 5.73 Å². The molecule has 2 fully saturated rings. The highest BCUT2D eigenvalue weighted by atomic mass is 16.2. The van der Waals surface area contributed by atoms with Gasteiger partial charge >= 0.3 is 0 Å². The molecule has 1 heterocycles. The van der Waals surface area contributed by atoms with Gasteiger partial charge in [-0.25, -0.2) is 4.99 Å². The van der Waals surface area contributed by atoms with Gasteiger partial charge < -0.3 is 15.5 Å². The first-order chi connectivity index (χ1) is 7.43. The first kappa shape index (κ1) is 11.2. The molecule has 1 saturated carbocycles. The molecule has 16 heavy (non-hydrogen) atoms. The highest BCUT2D eigenvalue weighted by Gasteiger charge is 2.41. The summed E-state index contributed by atoms with van der Waals surface area (Å²) in [7, 11) is 1.83. The van der Waals surface area contributed by atoms with E-state index in [0.29, 0.717) is 18.5 Å². The summed E-state index contributed by atoms with van der Waals surface area (Å²) in [5, 5.41) is 0. The minimum Gasteiger partial charge on any atom is -0.370 e. The molecule has 0 unspecified atom stereocenters. The summed E-state index contributed by atoms with van der Waals surface area (Å²) in [6, 6.07) is 0.394. The normalized spacial score (nSPS) is 26.2. The van der Waals surface area contributed by atoms with Gasteiger partial charge in [0.1, 0.15) is 5.54 Å².